The molecule has 2 aromatic carbocycles. The molecule has 0 unspecified atom stereocenters. The molecule has 0 aromatic heterocycles. The summed E-state index contributed by atoms with van der Waals surface area (Å²) in [6.45, 7) is 2.93. The highest BCUT2D eigenvalue weighted by molar-refractivity contribution is 9.10. The van der Waals surface area contributed by atoms with E-state index in [1.54, 1.807) is 6.07 Å². The minimum Gasteiger partial charge on any atom is -0.492 e. The molecule has 1 N–H and O–H groups in total. The van der Waals surface area contributed by atoms with E-state index in [0.717, 1.165) is 15.8 Å². The average molecular weight is 334 g/mol. The topological polar surface area (TPSA) is 38.3 Å². The van der Waals surface area contributed by atoms with Gasteiger partial charge in [0.1, 0.15) is 12.4 Å². The van der Waals surface area contributed by atoms with Gasteiger partial charge in [-0.05, 0) is 52.7 Å². The number of halogens is 1. The molecule has 0 aliphatic carbocycles. The Balaban J connectivity index is 1.79. The summed E-state index contributed by atoms with van der Waals surface area (Å²) in [5, 5.41) is 2.83. The molecular formula is C16H16BrNO2. The van der Waals surface area contributed by atoms with Crippen molar-refractivity contribution in [3.8, 4) is 5.75 Å². The largest absolute Gasteiger partial charge is 0.492 e. The molecule has 0 fully saturated rings. The summed E-state index contributed by atoms with van der Waals surface area (Å²) >= 11 is 3.36. The zero-order chi connectivity index (χ0) is 14.4. The van der Waals surface area contributed by atoms with E-state index in [2.05, 4.69) is 21.2 Å². The third kappa shape index (κ3) is 4.10. The van der Waals surface area contributed by atoms with Gasteiger partial charge in [-0.3, -0.25) is 4.79 Å². The Kier molecular flexibility index (Phi) is 5.18. The van der Waals surface area contributed by atoms with Crippen molar-refractivity contribution in [3.63, 3.8) is 0 Å². The predicted molar refractivity (Wildman–Crippen MR) is 83.1 cm³/mol. The summed E-state index contributed by atoms with van der Waals surface area (Å²) in [5.41, 5.74) is 1.78. The van der Waals surface area contributed by atoms with Crippen LogP contribution >= 0.6 is 15.9 Å². The van der Waals surface area contributed by atoms with E-state index in [1.165, 1.54) is 0 Å². The molecule has 0 radical (unpaired) electrons. The number of ether oxygens (including phenoxy) is 1. The molecule has 1 amide bonds. The third-order valence-electron chi connectivity index (χ3n) is 2.76. The monoisotopic (exact) mass is 333 g/mol. The Morgan fingerprint density at radius 2 is 2.00 bits per heavy atom. The highest BCUT2D eigenvalue weighted by Gasteiger charge is 2.07. The van der Waals surface area contributed by atoms with E-state index < -0.39 is 0 Å². The molecule has 0 heterocycles. The van der Waals surface area contributed by atoms with Crippen molar-refractivity contribution in [1.82, 2.24) is 5.32 Å². The number of benzene rings is 2. The quantitative estimate of drug-likeness (QED) is 0.849. The van der Waals surface area contributed by atoms with Gasteiger partial charge in [0.2, 0.25) is 0 Å². The molecule has 2 aromatic rings. The van der Waals surface area contributed by atoms with Crippen molar-refractivity contribution < 1.29 is 9.53 Å². The fourth-order valence-electron chi connectivity index (χ4n) is 1.78. The number of hydrogen-bond donors (Lipinski definition) is 1. The van der Waals surface area contributed by atoms with Crippen LogP contribution in [0.4, 0.5) is 0 Å². The number of carbonyl (C=O) groups is 1. The van der Waals surface area contributed by atoms with Crippen LogP contribution in [0.5, 0.6) is 5.75 Å². The predicted octanol–water partition coefficient (Wildman–Crippen LogP) is 3.57. The van der Waals surface area contributed by atoms with Crippen LogP contribution in [0.15, 0.2) is 53.0 Å². The second kappa shape index (κ2) is 7.10. The van der Waals surface area contributed by atoms with E-state index in [9.17, 15) is 4.79 Å². The summed E-state index contributed by atoms with van der Waals surface area (Å²) < 4.78 is 6.37. The molecule has 104 valence electrons. The van der Waals surface area contributed by atoms with Crippen LogP contribution in [-0.2, 0) is 0 Å². The van der Waals surface area contributed by atoms with E-state index in [0.29, 0.717) is 18.7 Å². The maximum absolute atomic E-state index is 11.9. The average Bonchev–Trinajstić information content (AvgIpc) is 2.44. The molecule has 0 bridgehead atoms. The maximum Gasteiger partial charge on any atom is 0.252 e. The molecule has 20 heavy (non-hydrogen) atoms. The second-order valence-corrected chi connectivity index (χ2v) is 5.26. The summed E-state index contributed by atoms with van der Waals surface area (Å²) in [6, 6.07) is 15.2. The van der Waals surface area contributed by atoms with Gasteiger partial charge in [-0.15, -0.1) is 0 Å². The Bertz CT molecular complexity index is 599. The highest BCUT2D eigenvalue weighted by Crippen LogP contribution is 2.15. The number of rotatable bonds is 5. The Morgan fingerprint density at radius 3 is 2.75 bits per heavy atom. The van der Waals surface area contributed by atoms with Crippen LogP contribution in [0, 0.1) is 6.92 Å². The third-order valence-corrected chi connectivity index (χ3v) is 3.46. The van der Waals surface area contributed by atoms with Gasteiger partial charge >= 0.3 is 0 Å². The standard InChI is InChI=1S/C16H16BrNO2/c1-12-5-4-6-13(11-12)20-10-9-18-16(19)14-7-2-3-8-15(14)17/h2-8,11H,9-10H2,1H3,(H,18,19). The minimum absolute atomic E-state index is 0.106. The fourth-order valence-corrected chi connectivity index (χ4v) is 2.24. The van der Waals surface area contributed by atoms with Crippen molar-refractivity contribution in [3.05, 3.63) is 64.1 Å². The van der Waals surface area contributed by atoms with Crippen LogP contribution in [-0.4, -0.2) is 19.1 Å². The van der Waals surface area contributed by atoms with Gasteiger partial charge < -0.3 is 10.1 Å². The lowest BCUT2D eigenvalue weighted by molar-refractivity contribution is 0.0946. The zero-order valence-electron chi connectivity index (χ0n) is 11.2. The van der Waals surface area contributed by atoms with E-state index >= 15 is 0 Å². The molecule has 0 atom stereocenters. The molecule has 0 aliphatic heterocycles. The van der Waals surface area contributed by atoms with Gasteiger partial charge in [-0.2, -0.15) is 0 Å². The van der Waals surface area contributed by atoms with Gasteiger partial charge in [0.15, 0.2) is 0 Å². The second-order valence-electron chi connectivity index (χ2n) is 4.40. The smallest absolute Gasteiger partial charge is 0.252 e. The van der Waals surface area contributed by atoms with Crippen LogP contribution in [0.3, 0.4) is 0 Å². The van der Waals surface area contributed by atoms with Crippen molar-refractivity contribution in [1.29, 1.82) is 0 Å². The lowest BCUT2D eigenvalue weighted by Gasteiger charge is -2.09. The first-order chi connectivity index (χ1) is 9.66. The number of carbonyl (C=O) groups excluding carboxylic acids is 1. The summed E-state index contributed by atoms with van der Waals surface area (Å²) in [4.78, 5) is 11.9. The van der Waals surface area contributed by atoms with Crippen molar-refractivity contribution >= 4 is 21.8 Å². The molecule has 3 nitrogen and oxygen atoms in total. The normalized spacial score (nSPS) is 10.1. The zero-order valence-corrected chi connectivity index (χ0v) is 12.8. The lowest BCUT2D eigenvalue weighted by atomic mass is 10.2. The Labute approximate surface area is 127 Å². The van der Waals surface area contributed by atoms with Gasteiger partial charge in [-0.1, -0.05) is 24.3 Å². The minimum atomic E-state index is -0.106. The fraction of sp³-hybridized carbons (Fsp3) is 0.188. The Hall–Kier alpha value is -1.81. The summed E-state index contributed by atoms with van der Waals surface area (Å²) in [7, 11) is 0. The molecule has 0 spiro atoms. The van der Waals surface area contributed by atoms with Crippen molar-refractivity contribution in [2.24, 2.45) is 0 Å². The number of nitrogens with one attached hydrogen (secondary N) is 1. The Morgan fingerprint density at radius 1 is 1.20 bits per heavy atom. The van der Waals surface area contributed by atoms with Gasteiger partial charge in [0.05, 0.1) is 12.1 Å². The molecule has 2 rings (SSSR count). The lowest BCUT2D eigenvalue weighted by Crippen LogP contribution is -2.28. The maximum atomic E-state index is 11.9. The van der Waals surface area contributed by atoms with E-state index in [-0.39, 0.29) is 5.91 Å². The van der Waals surface area contributed by atoms with Gasteiger partial charge in [0.25, 0.3) is 5.91 Å². The van der Waals surface area contributed by atoms with Crippen LogP contribution in [0.1, 0.15) is 15.9 Å². The van der Waals surface area contributed by atoms with Crippen molar-refractivity contribution in [2.45, 2.75) is 6.92 Å². The number of amides is 1. The SMILES string of the molecule is Cc1cccc(OCCNC(=O)c2ccccc2Br)c1. The molecule has 0 saturated heterocycles. The molecular weight excluding hydrogens is 318 g/mol. The molecule has 0 saturated carbocycles. The first-order valence-corrected chi connectivity index (χ1v) is 7.18. The number of hydrogen-bond acceptors (Lipinski definition) is 2. The first kappa shape index (κ1) is 14.6. The highest BCUT2D eigenvalue weighted by atomic mass is 79.9. The molecule has 4 heteroatoms. The van der Waals surface area contributed by atoms with Crippen molar-refractivity contribution in [2.75, 3.05) is 13.2 Å². The van der Waals surface area contributed by atoms with Crippen LogP contribution in [0.2, 0.25) is 0 Å². The molecule has 0 aliphatic rings. The first-order valence-electron chi connectivity index (χ1n) is 6.39. The van der Waals surface area contributed by atoms with Gasteiger partial charge in [-0.25, -0.2) is 0 Å². The summed E-state index contributed by atoms with van der Waals surface area (Å²) in [6.07, 6.45) is 0. The van der Waals surface area contributed by atoms with Gasteiger partial charge in [0, 0.05) is 4.47 Å². The van der Waals surface area contributed by atoms with E-state index in [4.69, 9.17) is 4.74 Å². The van der Waals surface area contributed by atoms with E-state index in [1.807, 2.05) is 49.4 Å². The number of aryl methyl sites for hydroxylation is 1. The van der Waals surface area contributed by atoms with Crippen LogP contribution in [0.25, 0.3) is 0 Å². The summed E-state index contributed by atoms with van der Waals surface area (Å²) in [5.74, 6) is 0.713. The van der Waals surface area contributed by atoms with Crippen LogP contribution < -0.4 is 10.1 Å².